The highest BCUT2D eigenvalue weighted by atomic mass is 16.5. The van der Waals surface area contributed by atoms with Gasteiger partial charge in [0.05, 0.1) is 6.61 Å². The summed E-state index contributed by atoms with van der Waals surface area (Å²) in [7, 11) is 0. The molecule has 26 heavy (non-hydrogen) atoms. The Morgan fingerprint density at radius 2 is 1.23 bits per heavy atom. The lowest BCUT2D eigenvalue weighted by Crippen LogP contribution is -2.03. The molecule has 4 heteroatoms. The largest absolute Gasteiger partial charge is 0.478 e. The molecule has 0 aliphatic heterocycles. The van der Waals surface area contributed by atoms with Crippen LogP contribution in [-0.2, 0) is 14.3 Å². The Balaban J connectivity index is 3.23. The third kappa shape index (κ3) is 20.5. The third-order valence-electron chi connectivity index (χ3n) is 4.26. The number of carbonyl (C=O) groups is 2. The first-order valence-electron chi connectivity index (χ1n) is 10.4. The molecule has 150 valence electrons. The summed E-state index contributed by atoms with van der Waals surface area (Å²) >= 11 is 0. The predicted octanol–water partition coefficient (Wildman–Crippen LogP) is 6.21. The van der Waals surface area contributed by atoms with Crippen LogP contribution in [-0.4, -0.2) is 23.7 Å². The fourth-order valence-electron chi connectivity index (χ4n) is 2.71. The summed E-state index contributed by atoms with van der Waals surface area (Å²) in [5, 5.41) is 8.38. The van der Waals surface area contributed by atoms with E-state index in [0.29, 0.717) is 6.61 Å². The minimum atomic E-state index is -1.14. The van der Waals surface area contributed by atoms with E-state index in [4.69, 9.17) is 9.84 Å². The van der Waals surface area contributed by atoms with Crippen molar-refractivity contribution >= 4 is 11.9 Å². The molecule has 0 saturated carbocycles. The molecule has 0 amide bonds. The van der Waals surface area contributed by atoms with Crippen LogP contribution in [0.25, 0.3) is 0 Å². The minimum absolute atomic E-state index is 0.365. The van der Waals surface area contributed by atoms with Gasteiger partial charge < -0.3 is 9.84 Å². The van der Waals surface area contributed by atoms with Crippen molar-refractivity contribution < 1.29 is 19.4 Å². The molecule has 0 aromatic rings. The van der Waals surface area contributed by atoms with E-state index >= 15 is 0 Å². The van der Waals surface area contributed by atoms with E-state index in [2.05, 4.69) is 19.1 Å². The molecule has 0 aliphatic rings. The van der Waals surface area contributed by atoms with Crippen LogP contribution in [0.1, 0.15) is 96.8 Å². The van der Waals surface area contributed by atoms with Gasteiger partial charge in [-0.15, -0.1) is 0 Å². The fourth-order valence-corrected chi connectivity index (χ4v) is 2.71. The number of aliphatic carboxylic acids is 1. The molecule has 0 atom stereocenters. The molecule has 0 saturated heterocycles. The maximum atomic E-state index is 11.1. The van der Waals surface area contributed by atoms with Crippen molar-refractivity contribution in [3.8, 4) is 0 Å². The SMILES string of the molecule is CCCCCCCC/C=C\CCCCCCCCOC(=O)/C=C\C(=O)O. The number of esters is 1. The number of carboxylic acids is 1. The molecule has 0 aromatic carbocycles. The second kappa shape index (κ2) is 19.7. The normalized spacial score (nSPS) is 11.4. The number of hydrogen-bond donors (Lipinski definition) is 1. The lowest BCUT2D eigenvalue weighted by molar-refractivity contribution is -0.138. The van der Waals surface area contributed by atoms with E-state index in [1.807, 2.05) is 0 Å². The van der Waals surface area contributed by atoms with Gasteiger partial charge in [-0.25, -0.2) is 9.59 Å². The summed E-state index contributed by atoms with van der Waals surface area (Å²) in [6.07, 6.45) is 23.8. The van der Waals surface area contributed by atoms with E-state index in [0.717, 1.165) is 31.4 Å². The van der Waals surface area contributed by atoms with Crippen molar-refractivity contribution in [1.29, 1.82) is 0 Å². The van der Waals surface area contributed by atoms with Crippen LogP contribution < -0.4 is 0 Å². The zero-order valence-electron chi connectivity index (χ0n) is 16.6. The maximum Gasteiger partial charge on any atom is 0.331 e. The van der Waals surface area contributed by atoms with Crippen molar-refractivity contribution in [2.75, 3.05) is 6.61 Å². The van der Waals surface area contributed by atoms with Crippen molar-refractivity contribution in [2.24, 2.45) is 0 Å². The van der Waals surface area contributed by atoms with Gasteiger partial charge in [0.1, 0.15) is 0 Å². The summed E-state index contributed by atoms with van der Waals surface area (Å²) in [5.74, 6) is -1.72. The summed E-state index contributed by atoms with van der Waals surface area (Å²) in [4.78, 5) is 21.4. The first kappa shape index (κ1) is 24.4. The standard InChI is InChI=1S/C22H38O4/c1-2-3-4-5-6-7-8-9-10-11-12-13-14-15-16-17-20-26-22(25)19-18-21(23)24/h9-10,18-19H,2-8,11-17,20H2,1H3,(H,23,24)/b10-9-,19-18-. The quantitative estimate of drug-likeness (QED) is 0.136. The summed E-state index contributed by atoms with van der Waals surface area (Å²) < 4.78 is 4.91. The summed E-state index contributed by atoms with van der Waals surface area (Å²) in [6.45, 7) is 2.62. The first-order chi connectivity index (χ1) is 12.7. The smallest absolute Gasteiger partial charge is 0.331 e. The zero-order valence-corrected chi connectivity index (χ0v) is 16.6. The molecule has 0 aromatic heterocycles. The van der Waals surface area contributed by atoms with Crippen LogP contribution in [0, 0.1) is 0 Å². The molecule has 4 nitrogen and oxygen atoms in total. The molecular weight excluding hydrogens is 328 g/mol. The molecule has 0 rings (SSSR count). The number of carbonyl (C=O) groups excluding carboxylic acids is 1. The van der Waals surface area contributed by atoms with E-state index in [-0.39, 0.29) is 0 Å². The second-order valence-corrected chi connectivity index (χ2v) is 6.78. The van der Waals surface area contributed by atoms with Gasteiger partial charge in [0.2, 0.25) is 0 Å². The molecule has 0 heterocycles. The number of rotatable bonds is 18. The van der Waals surface area contributed by atoms with Crippen LogP contribution in [0.15, 0.2) is 24.3 Å². The van der Waals surface area contributed by atoms with E-state index in [9.17, 15) is 9.59 Å². The second-order valence-electron chi connectivity index (χ2n) is 6.78. The molecule has 0 unspecified atom stereocenters. The molecule has 0 aliphatic carbocycles. The molecule has 1 N–H and O–H groups in total. The van der Waals surface area contributed by atoms with Gasteiger partial charge in [0.25, 0.3) is 0 Å². The first-order valence-corrected chi connectivity index (χ1v) is 10.4. The van der Waals surface area contributed by atoms with Crippen molar-refractivity contribution in [3.63, 3.8) is 0 Å². The minimum Gasteiger partial charge on any atom is -0.478 e. The monoisotopic (exact) mass is 366 g/mol. The van der Waals surface area contributed by atoms with Crippen molar-refractivity contribution in [3.05, 3.63) is 24.3 Å². The maximum absolute atomic E-state index is 11.1. The van der Waals surface area contributed by atoms with Gasteiger partial charge in [-0.05, 0) is 32.1 Å². The average molecular weight is 367 g/mol. The molecule has 0 radical (unpaired) electrons. The molecule has 0 bridgehead atoms. The zero-order chi connectivity index (χ0) is 19.3. The van der Waals surface area contributed by atoms with E-state index in [1.165, 1.54) is 70.6 Å². The highest BCUT2D eigenvalue weighted by Crippen LogP contribution is 2.10. The molecule has 0 fully saturated rings. The lowest BCUT2D eigenvalue weighted by atomic mass is 10.1. The van der Waals surface area contributed by atoms with Gasteiger partial charge in [-0.1, -0.05) is 76.9 Å². The Bertz CT molecular complexity index is 399. The van der Waals surface area contributed by atoms with E-state index < -0.39 is 11.9 Å². The summed E-state index contributed by atoms with van der Waals surface area (Å²) in [6, 6.07) is 0. The third-order valence-corrected chi connectivity index (χ3v) is 4.26. The number of carboxylic acid groups (broad SMARTS) is 1. The number of hydrogen-bond acceptors (Lipinski definition) is 3. The van der Waals surface area contributed by atoms with Crippen LogP contribution in [0.4, 0.5) is 0 Å². The average Bonchev–Trinajstić information content (AvgIpc) is 2.62. The highest BCUT2D eigenvalue weighted by Gasteiger charge is 1.98. The van der Waals surface area contributed by atoms with Gasteiger partial charge in [0.15, 0.2) is 0 Å². The Hall–Kier alpha value is -1.58. The molecular formula is C22H38O4. The van der Waals surface area contributed by atoms with Gasteiger partial charge in [-0.2, -0.15) is 0 Å². The van der Waals surface area contributed by atoms with Crippen molar-refractivity contribution in [1.82, 2.24) is 0 Å². The lowest BCUT2D eigenvalue weighted by Gasteiger charge is -2.02. The Labute approximate surface area is 159 Å². The highest BCUT2D eigenvalue weighted by molar-refractivity contribution is 5.90. The Morgan fingerprint density at radius 3 is 1.77 bits per heavy atom. The van der Waals surface area contributed by atoms with Gasteiger partial charge in [-0.3, -0.25) is 0 Å². The van der Waals surface area contributed by atoms with Crippen LogP contribution in [0.3, 0.4) is 0 Å². The molecule has 0 spiro atoms. The van der Waals surface area contributed by atoms with Gasteiger partial charge >= 0.3 is 11.9 Å². The van der Waals surface area contributed by atoms with Crippen LogP contribution >= 0.6 is 0 Å². The van der Waals surface area contributed by atoms with Crippen molar-refractivity contribution in [2.45, 2.75) is 96.8 Å². The van der Waals surface area contributed by atoms with E-state index in [1.54, 1.807) is 0 Å². The number of ether oxygens (including phenoxy) is 1. The number of allylic oxidation sites excluding steroid dienone is 2. The number of unbranched alkanes of at least 4 members (excludes halogenated alkanes) is 12. The fraction of sp³-hybridized carbons (Fsp3) is 0.727. The summed E-state index contributed by atoms with van der Waals surface area (Å²) in [5.41, 5.74) is 0. The topological polar surface area (TPSA) is 63.6 Å². The van der Waals surface area contributed by atoms with Crippen LogP contribution in [0.2, 0.25) is 0 Å². The predicted molar refractivity (Wildman–Crippen MR) is 107 cm³/mol. The van der Waals surface area contributed by atoms with Gasteiger partial charge in [0, 0.05) is 12.2 Å². The Kier molecular flexibility index (Phi) is 18.5. The van der Waals surface area contributed by atoms with Crippen LogP contribution in [0.5, 0.6) is 0 Å². The Morgan fingerprint density at radius 1 is 0.731 bits per heavy atom.